The standard InChI is InChI=1S/C27H31FN8O2/c1-15-23(34(4)33-31-15)17-13-19-21(30-14-17)22-25(26(27(2,3)37)35(5)32-22)36(19)24(16-8-11-38-12-9-16)20-18(28)7-6-10-29-20/h6-7,10,13-14,16,24,37H,8-9,11-12H2,1-5H3/i5D3. The van der Waals surface area contributed by atoms with Crippen molar-refractivity contribution < 1.29 is 18.3 Å². The van der Waals surface area contributed by atoms with Crippen molar-refractivity contribution in [2.24, 2.45) is 19.9 Å². The fourth-order valence-electron chi connectivity index (χ4n) is 5.76. The van der Waals surface area contributed by atoms with Gasteiger partial charge in [0, 0.05) is 49.3 Å². The molecule has 0 spiro atoms. The largest absolute Gasteiger partial charge is 0.384 e. The van der Waals surface area contributed by atoms with Crippen LogP contribution in [0, 0.1) is 18.7 Å². The van der Waals surface area contributed by atoms with Gasteiger partial charge in [0.2, 0.25) is 0 Å². The van der Waals surface area contributed by atoms with E-state index in [2.05, 4.69) is 20.4 Å². The summed E-state index contributed by atoms with van der Waals surface area (Å²) < 4.78 is 50.3. The maximum atomic E-state index is 15.6. The molecule has 0 bridgehead atoms. The Morgan fingerprint density at radius 1 is 1.21 bits per heavy atom. The first-order chi connectivity index (χ1) is 19.4. The van der Waals surface area contributed by atoms with Gasteiger partial charge < -0.3 is 14.4 Å². The number of aliphatic hydroxyl groups is 1. The second-order valence-corrected chi connectivity index (χ2v) is 10.4. The molecular formula is C27H31FN8O2. The molecule has 0 radical (unpaired) electrons. The summed E-state index contributed by atoms with van der Waals surface area (Å²) in [6.07, 6.45) is 4.47. The lowest BCUT2D eigenvalue weighted by Gasteiger charge is -2.33. The fourth-order valence-corrected chi connectivity index (χ4v) is 5.76. The monoisotopic (exact) mass is 521 g/mol. The number of fused-ring (bicyclic) bond motifs is 3. The highest BCUT2D eigenvalue weighted by Crippen LogP contribution is 2.43. The average Bonchev–Trinajstić information content (AvgIpc) is 3.56. The summed E-state index contributed by atoms with van der Waals surface area (Å²) in [5.41, 5.74) is 2.56. The van der Waals surface area contributed by atoms with Gasteiger partial charge in [0.1, 0.15) is 22.5 Å². The van der Waals surface area contributed by atoms with Crippen molar-refractivity contribution in [1.29, 1.82) is 0 Å². The first-order valence-electron chi connectivity index (χ1n) is 14.1. The molecule has 5 aromatic rings. The van der Waals surface area contributed by atoms with E-state index in [1.165, 1.54) is 26.0 Å². The number of pyridine rings is 2. The van der Waals surface area contributed by atoms with E-state index >= 15 is 4.39 Å². The molecule has 198 valence electrons. The SMILES string of the molecule is [2H]C([2H])([2H])n1nc2c3ncc(-c4c(C)nnn4C)cc3n(C(c3ncccc3F)C3CCOCC3)c2c1C(C)(C)O. The van der Waals surface area contributed by atoms with Crippen LogP contribution in [0.2, 0.25) is 0 Å². The van der Waals surface area contributed by atoms with Gasteiger partial charge in [-0.15, -0.1) is 5.10 Å². The normalized spacial score (nSPS) is 17.6. The molecule has 10 nitrogen and oxygen atoms in total. The molecule has 38 heavy (non-hydrogen) atoms. The molecule has 0 aliphatic carbocycles. The summed E-state index contributed by atoms with van der Waals surface area (Å²) in [5.74, 6) is -0.593. The highest BCUT2D eigenvalue weighted by molar-refractivity contribution is 6.05. The van der Waals surface area contributed by atoms with Gasteiger partial charge in [-0.1, -0.05) is 5.21 Å². The Morgan fingerprint density at radius 2 is 2.00 bits per heavy atom. The van der Waals surface area contributed by atoms with E-state index in [0.29, 0.717) is 53.8 Å². The van der Waals surface area contributed by atoms with Crippen LogP contribution in [0.3, 0.4) is 0 Å². The number of hydrogen-bond donors (Lipinski definition) is 1. The fraction of sp³-hybridized carbons (Fsp3) is 0.444. The summed E-state index contributed by atoms with van der Waals surface area (Å²) in [6, 6.07) is 4.15. The number of hydrogen-bond acceptors (Lipinski definition) is 7. The Bertz CT molecular complexity index is 1740. The Balaban J connectivity index is 1.78. The van der Waals surface area contributed by atoms with Gasteiger partial charge in [0.25, 0.3) is 0 Å². The third-order valence-corrected chi connectivity index (χ3v) is 7.36. The molecule has 1 fully saturated rings. The van der Waals surface area contributed by atoms with E-state index in [4.69, 9.17) is 13.8 Å². The minimum atomic E-state index is -2.69. The second kappa shape index (κ2) is 8.95. The molecule has 11 heteroatoms. The van der Waals surface area contributed by atoms with Crippen molar-refractivity contribution in [3.8, 4) is 11.3 Å². The Labute approximate surface area is 223 Å². The van der Waals surface area contributed by atoms with Gasteiger partial charge in [0.15, 0.2) is 0 Å². The maximum Gasteiger partial charge on any atom is 0.146 e. The molecule has 1 aliphatic rings. The van der Waals surface area contributed by atoms with Crippen molar-refractivity contribution >= 4 is 22.1 Å². The zero-order chi connectivity index (χ0) is 29.3. The minimum absolute atomic E-state index is 0.0822. The Kier molecular flexibility index (Phi) is 5.01. The van der Waals surface area contributed by atoms with E-state index in [1.54, 1.807) is 24.1 Å². The van der Waals surface area contributed by atoms with Crippen LogP contribution in [0.15, 0.2) is 30.6 Å². The molecule has 0 aromatic carbocycles. The zero-order valence-electron chi connectivity index (χ0n) is 24.7. The lowest BCUT2D eigenvalue weighted by molar-refractivity contribution is 0.0536. The Morgan fingerprint density at radius 3 is 2.66 bits per heavy atom. The molecule has 0 saturated carbocycles. The van der Waals surface area contributed by atoms with Crippen molar-refractivity contribution in [1.82, 2.24) is 39.3 Å². The highest BCUT2D eigenvalue weighted by Gasteiger charge is 2.37. The molecule has 5 aromatic heterocycles. The van der Waals surface area contributed by atoms with Crippen LogP contribution >= 0.6 is 0 Å². The van der Waals surface area contributed by atoms with Gasteiger partial charge in [-0.25, -0.2) is 9.07 Å². The number of aryl methyl sites for hydroxylation is 3. The predicted molar refractivity (Wildman–Crippen MR) is 140 cm³/mol. The summed E-state index contributed by atoms with van der Waals surface area (Å²) in [7, 11) is 1.79. The van der Waals surface area contributed by atoms with Crippen molar-refractivity contribution in [2.45, 2.75) is 45.3 Å². The summed E-state index contributed by atoms with van der Waals surface area (Å²) in [5, 5.41) is 24.2. The van der Waals surface area contributed by atoms with Gasteiger partial charge in [-0.2, -0.15) is 5.10 Å². The van der Waals surface area contributed by atoms with Gasteiger partial charge in [-0.3, -0.25) is 14.6 Å². The van der Waals surface area contributed by atoms with E-state index in [-0.39, 0.29) is 17.3 Å². The third-order valence-electron chi connectivity index (χ3n) is 7.36. The number of halogens is 1. The van der Waals surface area contributed by atoms with E-state index in [1.807, 2.05) is 17.6 Å². The number of ether oxygens (including phenoxy) is 1. The van der Waals surface area contributed by atoms with Crippen LogP contribution in [0.4, 0.5) is 4.39 Å². The molecule has 1 atom stereocenters. The van der Waals surface area contributed by atoms with Crippen LogP contribution < -0.4 is 0 Å². The summed E-state index contributed by atoms with van der Waals surface area (Å²) in [4.78, 5) is 9.25. The van der Waals surface area contributed by atoms with Crippen molar-refractivity contribution in [3.05, 3.63) is 53.5 Å². The Hall–Kier alpha value is -3.70. The molecule has 0 amide bonds. The first-order valence-corrected chi connectivity index (χ1v) is 12.6. The minimum Gasteiger partial charge on any atom is -0.384 e. The van der Waals surface area contributed by atoms with Crippen LogP contribution in [0.1, 0.15) is 53.9 Å². The third kappa shape index (κ3) is 3.80. The van der Waals surface area contributed by atoms with E-state index in [0.717, 1.165) is 15.9 Å². The molecule has 1 N–H and O–H groups in total. The molecular weight excluding hydrogens is 487 g/mol. The zero-order valence-corrected chi connectivity index (χ0v) is 21.7. The number of nitrogens with zero attached hydrogens (tertiary/aromatic N) is 8. The van der Waals surface area contributed by atoms with Crippen molar-refractivity contribution in [3.63, 3.8) is 0 Å². The lowest BCUT2D eigenvalue weighted by atomic mass is 9.88. The van der Waals surface area contributed by atoms with E-state index < -0.39 is 24.4 Å². The quantitative estimate of drug-likeness (QED) is 0.375. The van der Waals surface area contributed by atoms with Gasteiger partial charge >= 0.3 is 0 Å². The highest BCUT2D eigenvalue weighted by atomic mass is 19.1. The molecule has 1 aliphatic heterocycles. The van der Waals surface area contributed by atoms with Crippen LogP contribution in [-0.2, 0) is 24.4 Å². The predicted octanol–water partition coefficient (Wildman–Crippen LogP) is 3.80. The topological polar surface area (TPSA) is 109 Å². The maximum absolute atomic E-state index is 15.6. The molecule has 1 saturated heterocycles. The van der Waals surface area contributed by atoms with Crippen molar-refractivity contribution in [2.75, 3.05) is 13.2 Å². The average molecular weight is 522 g/mol. The lowest BCUT2D eigenvalue weighted by Crippen LogP contribution is -2.29. The number of rotatable bonds is 5. The van der Waals surface area contributed by atoms with Gasteiger partial charge in [-0.05, 0) is 57.7 Å². The molecule has 1 unspecified atom stereocenters. The van der Waals surface area contributed by atoms with Crippen LogP contribution in [0.5, 0.6) is 0 Å². The van der Waals surface area contributed by atoms with E-state index in [9.17, 15) is 5.11 Å². The summed E-state index contributed by atoms with van der Waals surface area (Å²) >= 11 is 0. The number of aromatic nitrogens is 8. The molecule has 6 heterocycles. The smallest absolute Gasteiger partial charge is 0.146 e. The second-order valence-electron chi connectivity index (χ2n) is 10.4. The first kappa shape index (κ1) is 21.3. The van der Waals surface area contributed by atoms with Crippen LogP contribution in [-0.4, -0.2) is 57.6 Å². The van der Waals surface area contributed by atoms with Crippen LogP contribution in [0.25, 0.3) is 33.3 Å². The van der Waals surface area contributed by atoms with Gasteiger partial charge in [0.05, 0.1) is 39.9 Å². The summed E-state index contributed by atoms with van der Waals surface area (Å²) in [6.45, 7) is 3.18. The molecule has 6 rings (SSSR count).